The number of benzene rings is 1. The van der Waals surface area contributed by atoms with Gasteiger partial charge in [-0.25, -0.2) is 8.78 Å². The van der Waals surface area contributed by atoms with E-state index in [4.69, 9.17) is 5.73 Å². The quantitative estimate of drug-likeness (QED) is 0.836. The van der Waals surface area contributed by atoms with Gasteiger partial charge in [0.05, 0.1) is 0 Å². The number of nitrogens with zero attached hydrogens (tertiary/aromatic N) is 1. The van der Waals surface area contributed by atoms with Gasteiger partial charge in [-0.1, -0.05) is 0 Å². The molecule has 1 aromatic rings. The predicted molar refractivity (Wildman–Crippen MR) is 64.3 cm³/mol. The molecule has 1 aromatic carbocycles. The average molecular weight is 254 g/mol. The predicted octanol–water partition coefficient (Wildman–Crippen LogP) is 1.73. The van der Waals surface area contributed by atoms with Gasteiger partial charge < -0.3 is 5.73 Å². The van der Waals surface area contributed by atoms with Crippen LogP contribution in [-0.2, 0) is 0 Å². The van der Waals surface area contributed by atoms with E-state index in [1.54, 1.807) is 0 Å². The molecule has 2 atom stereocenters. The standard InChI is InChI=1S/C13H16F2N2O/c1-17-6-8(5-16)2-13(17)10-4-12(15)11(14)3-9(10)7-18/h3-4,7-8,13H,2,5-6,16H2,1H3. The number of hydrogen-bond acceptors (Lipinski definition) is 3. The maximum absolute atomic E-state index is 13.3. The average Bonchev–Trinajstić information content (AvgIpc) is 2.73. The minimum absolute atomic E-state index is 0.0751. The molecule has 2 N–H and O–H groups in total. The van der Waals surface area contributed by atoms with Crippen molar-refractivity contribution >= 4 is 6.29 Å². The highest BCUT2D eigenvalue weighted by atomic mass is 19.2. The van der Waals surface area contributed by atoms with Gasteiger partial charge in [0, 0.05) is 18.2 Å². The lowest BCUT2D eigenvalue weighted by molar-refractivity contribution is 0.112. The van der Waals surface area contributed by atoms with E-state index in [1.165, 1.54) is 0 Å². The number of rotatable bonds is 3. The van der Waals surface area contributed by atoms with Gasteiger partial charge in [0.2, 0.25) is 0 Å². The first-order valence-electron chi connectivity index (χ1n) is 5.91. The van der Waals surface area contributed by atoms with Crippen molar-refractivity contribution in [1.82, 2.24) is 4.90 Å². The Kier molecular flexibility index (Phi) is 3.73. The van der Waals surface area contributed by atoms with Crippen molar-refractivity contribution in [3.63, 3.8) is 0 Å². The zero-order valence-corrected chi connectivity index (χ0v) is 10.2. The number of halogens is 2. The van der Waals surface area contributed by atoms with E-state index < -0.39 is 11.6 Å². The van der Waals surface area contributed by atoms with Crippen LogP contribution in [0.1, 0.15) is 28.4 Å². The Morgan fingerprint density at radius 2 is 2.11 bits per heavy atom. The maximum Gasteiger partial charge on any atom is 0.159 e. The molecule has 2 unspecified atom stereocenters. The van der Waals surface area contributed by atoms with Gasteiger partial charge in [-0.15, -0.1) is 0 Å². The van der Waals surface area contributed by atoms with Crippen LogP contribution in [0.5, 0.6) is 0 Å². The third-order valence-electron chi connectivity index (χ3n) is 3.58. The minimum Gasteiger partial charge on any atom is -0.330 e. The van der Waals surface area contributed by atoms with Gasteiger partial charge >= 0.3 is 0 Å². The Labute approximate surface area is 105 Å². The SMILES string of the molecule is CN1CC(CN)CC1c1cc(F)c(F)cc1C=O. The Hall–Kier alpha value is -1.33. The molecule has 1 saturated heterocycles. The molecule has 2 rings (SSSR count). The fourth-order valence-corrected chi connectivity index (χ4v) is 2.61. The van der Waals surface area contributed by atoms with Crippen molar-refractivity contribution < 1.29 is 13.6 Å². The molecule has 3 nitrogen and oxygen atoms in total. The second kappa shape index (κ2) is 5.12. The van der Waals surface area contributed by atoms with Gasteiger partial charge in [-0.3, -0.25) is 9.69 Å². The molecule has 0 radical (unpaired) electrons. The highest BCUT2D eigenvalue weighted by molar-refractivity contribution is 5.77. The molecule has 0 bridgehead atoms. The molecular weight excluding hydrogens is 238 g/mol. The van der Waals surface area contributed by atoms with Crippen molar-refractivity contribution in [1.29, 1.82) is 0 Å². The molecule has 1 aliphatic rings. The van der Waals surface area contributed by atoms with E-state index >= 15 is 0 Å². The van der Waals surface area contributed by atoms with E-state index in [9.17, 15) is 13.6 Å². The number of nitrogens with two attached hydrogens (primary N) is 1. The topological polar surface area (TPSA) is 46.3 Å². The summed E-state index contributed by atoms with van der Waals surface area (Å²) in [6, 6.07) is 2.01. The highest BCUT2D eigenvalue weighted by Crippen LogP contribution is 2.35. The van der Waals surface area contributed by atoms with Gasteiger partial charge in [-0.05, 0) is 43.6 Å². The third-order valence-corrected chi connectivity index (χ3v) is 3.58. The molecule has 1 heterocycles. The normalized spacial score (nSPS) is 24.4. The van der Waals surface area contributed by atoms with Crippen molar-refractivity contribution in [3.05, 3.63) is 34.9 Å². The van der Waals surface area contributed by atoms with Crippen LogP contribution in [-0.4, -0.2) is 31.3 Å². The smallest absolute Gasteiger partial charge is 0.159 e. The molecule has 98 valence electrons. The third kappa shape index (κ3) is 2.28. The summed E-state index contributed by atoms with van der Waals surface area (Å²) < 4.78 is 26.4. The lowest BCUT2D eigenvalue weighted by Gasteiger charge is -2.21. The summed E-state index contributed by atoms with van der Waals surface area (Å²) in [4.78, 5) is 13.0. The number of hydrogen-bond donors (Lipinski definition) is 1. The van der Waals surface area contributed by atoms with Crippen molar-refractivity contribution in [2.75, 3.05) is 20.1 Å². The first kappa shape index (κ1) is 13.1. The number of carbonyl (C=O) groups is 1. The highest BCUT2D eigenvalue weighted by Gasteiger charge is 2.31. The van der Waals surface area contributed by atoms with E-state index in [0.29, 0.717) is 24.3 Å². The van der Waals surface area contributed by atoms with Crippen LogP contribution in [0.25, 0.3) is 0 Å². The van der Waals surface area contributed by atoms with Crippen LogP contribution < -0.4 is 5.73 Å². The number of aldehydes is 1. The van der Waals surface area contributed by atoms with Gasteiger partial charge in [0.25, 0.3) is 0 Å². The summed E-state index contributed by atoms with van der Waals surface area (Å²) in [5, 5.41) is 0. The van der Waals surface area contributed by atoms with Crippen molar-refractivity contribution in [2.45, 2.75) is 12.5 Å². The summed E-state index contributed by atoms with van der Waals surface area (Å²) in [5.41, 5.74) is 6.39. The Balaban J connectivity index is 2.38. The maximum atomic E-state index is 13.3. The van der Waals surface area contributed by atoms with Crippen LogP contribution in [0.4, 0.5) is 8.78 Å². The molecule has 0 spiro atoms. The fraction of sp³-hybridized carbons (Fsp3) is 0.462. The van der Waals surface area contributed by atoms with Crippen LogP contribution in [0.15, 0.2) is 12.1 Å². The zero-order chi connectivity index (χ0) is 13.3. The summed E-state index contributed by atoms with van der Waals surface area (Å²) in [6.45, 7) is 1.36. The molecule has 0 aromatic heterocycles. The van der Waals surface area contributed by atoms with Gasteiger partial charge in [0.1, 0.15) is 6.29 Å². The van der Waals surface area contributed by atoms with Crippen LogP contribution in [0, 0.1) is 17.6 Å². The van der Waals surface area contributed by atoms with Gasteiger partial charge in [-0.2, -0.15) is 0 Å². The molecule has 5 heteroatoms. The van der Waals surface area contributed by atoms with Crippen LogP contribution >= 0.6 is 0 Å². The molecule has 1 aliphatic heterocycles. The van der Waals surface area contributed by atoms with Crippen LogP contribution in [0.3, 0.4) is 0 Å². The lowest BCUT2D eigenvalue weighted by atomic mass is 9.96. The fourth-order valence-electron chi connectivity index (χ4n) is 2.61. The first-order valence-corrected chi connectivity index (χ1v) is 5.91. The Morgan fingerprint density at radius 3 is 2.67 bits per heavy atom. The molecule has 0 aliphatic carbocycles. The molecule has 1 fully saturated rings. The van der Waals surface area contributed by atoms with E-state index in [-0.39, 0.29) is 11.6 Å². The van der Waals surface area contributed by atoms with E-state index in [0.717, 1.165) is 25.1 Å². The van der Waals surface area contributed by atoms with Crippen molar-refractivity contribution in [2.24, 2.45) is 11.7 Å². The minimum atomic E-state index is -0.989. The summed E-state index contributed by atoms with van der Waals surface area (Å²) in [7, 11) is 1.90. The number of likely N-dealkylation sites (tertiary alicyclic amines) is 1. The lowest BCUT2D eigenvalue weighted by Crippen LogP contribution is -2.21. The second-order valence-corrected chi connectivity index (χ2v) is 4.81. The summed E-state index contributed by atoms with van der Waals surface area (Å²) in [6.07, 6.45) is 1.33. The first-order chi connectivity index (χ1) is 8.56. The zero-order valence-electron chi connectivity index (χ0n) is 10.2. The van der Waals surface area contributed by atoms with Gasteiger partial charge in [0.15, 0.2) is 11.6 Å². The molecule has 0 saturated carbocycles. The molecule has 0 amide bonds. The monoisotopic (exact) mass is 254 g/mol. The largest absolute Gasteiger partial charge is 0.330 e. The van der Waals surface area contributed by atoms with Crippen LogP contribution in [0.2, 0.25) is 0 Å². The van der Waals surface area contributed by atoms with E-state index in [1.807, 2.05) is 11.9 Å². The molecule has 18 heavy (non-hydrogen) atoms. The summed E-state index contributed by atoms with van der Waals surface area (Å²) >= 11 is 0. The van der Waals surface area contributed by atoms with E-state index in [2.05, 4.69) is 0 Å². The molecular formula is C13H16F2N2O. The van der Waals surface area contributed by atoms with Crippen molar-refractivity contribution in [3.8, 4) is 0 Å². The second-order valence-electron chi connectivity index (χ2n) is 4.81. The Bertz CT molecular complexity index is 465. The number of carbonyl (C=O) groups excluding carboxylic acids is 1. The summed E-state index contributed by atoms with van der Waals surface area (Å²) in [5.74, 6) is -1.58. The Morgan fingerprint density at radius 1 is 1.44 bits per heavy atom.